The number of likely N-dealkylation sites (tertiary alicyclic amines) is 1. The van der Waals surface area contributed by atoms with Gasteiger partial charge in [0.15, 0.2) is 8.32 Å². The van der Waals surface area contributed by atoms with Crippen molar-refractivity contribution in [1.82, 2.24) is 14.8 Å². The highest BCUT2D eigenvalue weighted by Crippen LogP contribution is 2.44. The Morgan fingerprint density at radius 2 is 1.64 bits per heavy atom. The van der Waals surface area contributed by atoms with Gasteiger partial charge in [0.2, 0.25) is 5.95 Å². The Bertz CT molecular complexity index is 1530. The summed E-state index contributed by atoms with van der Waals surface area (Å²) in [5.41, 5.74) is 3.22. The summed E-state index contributed by atoms with van der Waals surface area (Å²) < 4.78 is 26.7. The van der Waals surface area contributed by atoms with E-state index in [4.69, 9.17) is 9.16 Å². The average molecular weight is 662 g/mol. The average Bonchev–Trinajstić information content (AvgIpc) is 3.40. The highest BCUT2D eigenvalue weighted by molar-refractivity contribution is 6.74. The maximum atomic E-state index is 14.0. The van der Waals surface area contributed by atoms with Gasteiger partial charge in [0, 0.05) is 37.0 Å². The number of pyridine rings is 1. The monoisotopic (exact) mass is 661 g/mol. The van der Waals surface area contributed by atoms with E-state index in [1.165, 1.54) is 6.20 Å². The summed E-state index contributed by atoms with van der Waals surface area (Å²) in [7, 11) is -0.494. The normalized spacial score (nSPS) is 17.8. The largest absolute Gasteiger partial charge is 0.444 e. The van der Waals surface area contributed by atoms with Gasteiger partial charge >= 0.3 is 6.09 Å². The minimum atomic E-state index is -2.22. The molecule has 2 amide bonds. The lowest BCUT2D eigenvalue weighted by molar-refractivity contribution is -0.00239. The van der Waals surface area contributed by atoms with Gasteiger partial charge in [0.1, 0.15) is 5.60 Å². The Balaban J connectivity index is 1.57. The van der Waals surface area contributed by atoms with Gasteiger partial charge in [-0.2, -0.15) is 4.39 Å². The highest BCUT2D eigenvalue weighted by atomic mass is 28.4. The minimum Gasteiger partial charge on any atom is -0.444 e. The molecule has 0 spiro atoms. The number of aryl methyl sites for hydroxylation is 1. The van der Waals surface area contributed by atoms with Crippen LogP contribution in [0.5, 0.6) is 0 Å². The van der Waals surface area contributed by atoms with Crippen LogP contribution in [0.2, 0.25) is 18.1 Å². The fourth-order valence-electron chi connectivity index (χ4n) is 5.84. The number of benzene rings is 2. The number of amides is 2. The second kappa shape index (κ2) is 14.3. The Labute approximate surface area is 281 Å². The van der Waals surface area contributed by atoms with Crippen molar-refractivity contribution in [3.63, 3.8) is 0 Å². The van der Waals surface area contributed by atoms with Crippen LogP contribution >= 0.6 is 0 Å². The zero-order valence-electron chi connectivity index (χ0n) is 29.8. The first-order chi connectivity index (χ1) is 21.9. The molecule has 1 aliphatic heterocycles. The van der Waals surface area contributed by atoms with Crippen LogP contribution < -0.4 is 0 Å². The number of hydrogen-bond acceptors (Lipinski definition) is 5. The van der Waals surface area contributed by atoms with Gasteiger partial charge in [-0.05, 0) is 100.0 Å². The summed E-state index contributed by atoms with van der Waals surface area (Å²) in [5, 5.41) is -0.00309. The van der Waals surface area contributed by atoms with Crippen LogP contribution in [0.1, 0.15) is 93.1 Å². The van der Waals surface area contributed by atoms with Gasteiger partial charge in [0.25, 0.3) is 5.91 Å². The summed E-state index contributed by atoms with van der Waals surface area (Å²) in [4.78, 5) is 34.5. The van der Waals surface area contributed by atoms with Crippen LogP contribution in [0.3, 0.4) is 0 Å². The van der Waals surface area contributed by atoms with E-state index >= 15 is 0 Å². The van der Waals surface area contributed by atoms with E-state index in [0.29, 0.717) is 24.1 Å². The molecular formula is C38H52FN3O4Si. The van der Waals surface area contributed by atoms with Gasteiger partial charge in [-0.3, -0.25) is 9.69 Å². The first-order valence-corrected chi connectivity index (χ1v) is 19.5. The lowest BCUT2D eigenvalue weighted by atomic mass is 10.0. The predicted molar refractivity (Wildman–Crippen MR) is 187 cm³/mol. The molecule has 2 heterocycles. The lowest BCUT2D eigenvalue weighted by Crippen LogP contribution is -2.50. The van der Waals surface area contributed by atoms with Crippen molar-refractivity contribution in [2.75, 3.05) is 7.05 Å². The van der Waals surface area contributed by atoms with E-state index in [2.05, 4.69) is 51.0 Å². The van der Waals surface area contributed by atoms with Crippen molar-refractivity contribution in [2.24, 2.45) is 0 Å². The molecule has 254 valence electrons. The van der Waals surface area contributed by atoms with Crippen molar-refractivity contribution >= 4 is 20.3 Å². The second-order valence-corrected chi connectivity index (χ2v) is 20.2. The quantitative estimate of drug-likeness (QED) is 0.169. The zero-order chi connectivity index (χ0) is 34.7. The molecule has 0 aliphatic carbocycles. The molecule has 1 aliphatic rings. The maximum Gasteiger partial charge on any atom is 0.410 e. The van der Waals surface area contributed by atoms with Gasteiger partial charge in [-0.25, -0.2) is 9.78 Å². The van der Waals surface area contributed by atoms with Crippen molar-refractivity contribution < 1.29 is 23.1 Å². The minimum absolute atomic E-state index is 0.00309. The molecule has 9 heteroatoms. The fraction of sp³-hybridized carbons (Fsp3) is 0.500. The number of hydrogen-bond donors (Lipinski definition) is 0. The zero-order valence-corrected chi connectivity index (χ0v) is 30.8. The molecule has 1 fully saturated rings. The molecule has 4 rings (SSSR count). The molecular weight excluding hydrogens is 610 g/mol. The standard InChI is InChI=1S/C38H52FN3O4Si/c1-26-22-28(24-40-34(26)39)25-41(8)35(43)30-18-16-27(17-19-30)23-31-20-21-32(42(31)36(44)45-37(2,3)4)33(29-14-12-11-13-15-29)46-47(9,10)38(5,6)7/h11-19,22,24,31-33H,20-21,23,25H2,1-10H3. The van der Waals surface area contributed by atoms with E-state index in [9.17, 15) is 14.0 Å². The smallest absolute Gasteiger partial charge is 0.410 e. The Morgan fingerprint density at radius 3 is 2.21 bits per heavy atom. The van der Waals surface area contributed by atoms with E-state index in [0.717, 1.165) is 29.5 Å². The number of halogens is 1. The number of nitrogens with zero attached hydrogens (tertiary/aromatic N) is 3. The summed E-state index contributed by atoms with van der Waals surface area (Å²) in [6.07, 6.45) is 3.07. The molecule has 3 atom stereocenters. The first-order valence-electron chi connectivity index (χ1n) is 16.6. The Morgan fingerprint density at radius 1 is 1.00 bits per heavy atom. The van der Waals surface area contributed by atoms with Crippen molar-refractivity contribution in [1.29, 1.82) is 0 Å². The summed E-state index contributed by atoms with van der Waals surface area (Å²) in [6.45, 7) is 18.9. The van der Waals surface area contributed by atoms with Gasteiger partial charge in [-0.15, -0.1) is 0 Å². The predicted octanol–water partition coefficient (Wildman–Crippen LogP) is 8.88. The molecule has 0 saturated carbocycles. The van der Waals surface area contributed by atoms with Crippen LogP contribution in [-0.4, -0.2) is 59.8 Å². The number of aromatic nitrogens is 1. The van der Waals surface area contributed by atoms with E-state index in [-0.39, 0.29) is 35.2 Å². The SMILES string of the molecule is Cc1cc(CN(C)C(=O)c2ccc(CC3CCC(C(O[Si](C)(C)C(C)(C)C)c4ccccc4)N3C(=O)OC(C)(C)C)cc2)cnc1F. The van der Waals surface area contributed by atoms with Gasteiger partial charge in [-0.1, -0.05) is 63.2 Å². The van der Waals surface area contributed by atoms with Crippen LogP contribution in [0.4, 0.5) is 9.18 Å². The van der Waals surface area contributed by atoms with Crippen molar-refractivity contribution in [3.8, 4) is 0 Å². The number of rotatable bonds is 9. The third-order valence-corrected chi connectivity index (χ3v) is 13.8. The number of carbonyl (C=O) groups is 2. The molecule has 0 N–H and O–H groups in total. The number of ether oxygens (including phenoxy) is 1. The van der Waals surface area contributed by atoms with Crippen LogP contribution in [0.25, 0.3) is 0 Å². The van der Waals surface area contributed by atoms with Crippen LogP contribution in [0, 0.1) is 12.9 Å². The van der Waals surface area contributed by atoms with Gasteiger partial charge in [0.05, 0.1) is 12.1 Å². The summed E-state index contributed by atoms with van der Waals surface area (Å²) in [6, 6.07) is 19.3. The Hall–Kier alpha value is -3.56. The summed E-state index contributed by atoms with van der Waals surface area (Å²) >= 11 is 0. The third-order valence-electron chi connectivity index (χ3n) is 9.37. The first kappa shape index (κ1) is 36.3. The van der Waals surface area contributed by atoms with Gasteiger partial charge < -0.3 is 14.1 Å². The molecule has 3 aromatic rings. The second-order valence-electron chi connectivity index (χ2n) is 15.4. The topological polar surface area (TPSA) is 72.0 Å². The van der Waals surface area contributed by atoms with E-state index < -0.39 is 19.9 Å². The molecule has 2 aromatic carbocycles. The molecule has 0 radical (unpaired) electrons. The molecule has 1 saturated heterocycles. The third kappa shape index (κ3) is 9.08. The molecule has 7 nitrogen and oxygen atoms in total. The van der Waals surface area contributed by atoms with Crippen LogP contribution in [0.15, 0.2) is 66.9 Å². The maximum absolute atomic E-state index is 14.0. The fourth-order valence-corrected chi connectivity index (χ4v) is 7.12. The van der Waals surface area contributed by atoms with Crippen molar-refractivity contribution in [3.05, 3.63) is 101 Å². The number of carbonyl (C=O) groups excluding carboxylic acids is 2. The van der Waals surface area contributed by atoms with Crippen molar-refractivity contribution in [2.45, 2.75) is 116 Å². The van der Waals surface area contributed by atoms with Crippen LogP contribution in [-0.2, 0) is 22.1 Å². The Kier molecular flexibility index (Phi) is 11.0. The molecule has 0 bridgehead atoms. The lowest BCUT2D eigenvalue weighted by Gasteiger charge is -2.43. The summed E-state index contributed by atoms with van der Waals surface area (Å²) in [5.74, 6) is -0.640. The van der Waals surface area contributed by atoms with E-state index in [1.807, 2.05) is 68.1 Å². The molecule has 47 heavy (non-hydrogen) atoms. The molecule has 3 unspecified atom stereocenters. The highest BCUT2D eigenvalue weighted by Gasteiger charge is 2.47. The molecule has 1 aromatic heterocycles. The van der Waals surface area contributed by atoms with E-state index in [1.54, 1.807) is 24.9 Å².